The van der Waals surface area contributed by atoms with Gasteiger partial charge in [-0.15, -0.1) is 35.3 Å². The van der Waals surface area contributed by atoms with Gasteiger partial charge in [-0.25, -0.2) is 9.98 Å². The van der Waals surface area contributed by atoms with E-state index in [-0.39, 0.29) is 24.0 Å². The lowest BCUT2D eigenvalue weighted by Gasteiger charge is -2.05. The van der Waals surface area contributed by atoms with Crippen LogP contribution in [-0.4, -0.2) is 10.9 Å². The molecule has 0 aliphatic carbocycles. The first kappa shape index (κ1) is 17.9. The Morgan fingerprint density at radius 2 is 2.19 bits per heavy atom. The number of aliphatic imine (C=N–C) groups is 1. The quantitative estimate of drug-likeness (QED) is 0.448. The van der Waals surface area contributed by atoms with Crippen molar-refractivity contribution in [3.8, 4) is 0 Å². The molecule has 0 saturated heterocycles. The highest BCUT2D eigenvalue weighted by atomic mass is 127. The van der Waals surface area contributed by atoms with Crippen molar-refractivity contribution in [1.82, 2.24) is 4.98 Å². The number of halogens is 1. The Labute approximate surface area is 146 Å². The molecule has 0 radical (unpaired) electrons. The SMILES string of the molecule is Cc1cccc(NC(N)=NCc2nc(C(C)C)cs2)c1.I. The number of hydrogen-bond donors (Lipinski definition) is 2. The van der Waals surface area contributed by atoms with Gasteiger partial charge in [-0.1, -0.05) is 26.0 Å². The number of rotatable bonds is 4. The molecule has 3 N–H and O–H groups in total. The van der Waals surface area contributed by atoms with Crippen LogP contribution >= 0.6 is 35.3 Å². The molecule has 2 aromatic rings. The predicted octanol–water partition coefficient (Wildman–Crippen LogP) is 4.12. The van der Waals surface area contributed by atoms with Crippen molar-refractivity contribution in [2.45, 2.75) is 33.2 Å². The highest BCUT2D eigenvalue weighted by Gasteiger charge is 2.05. The summed E-state index contributed by atoms with van der Waals surface area (Å²) in [5.74, 6) is 0.864. The molecular weight excluding hydrogens is 395 g/mol. The van der Waals surface area contributed by atoms with Gasteiger partial charge in [0.2, 0.25) is 0 Å². The van der Waals surface area contributed by atoms with Gasteiger partial charge in [-0.2, -0.15) is 0 Å². The first-order chi connectivity index (χ1) is 9.54. The molecule has 21 heavy (non-hydrogen) atoms. The van der Waals surface area contributed by atoms with E-state index in [1.54, 1.807) is 11.3 Å². The minimum Gasteiger partial charge on any atom is -0.370 e. The second-order valence-corrected chi connectivity index (χ2v) is 5.96. The Morgan fingerprint density at radius 3 is 2.81 bits per heavy atom. The number of aryl methyl sites for hydroxylation is 1. The summed E-state index contributed by atoms with van der Waals surface area (Å²) in [6.07, 6.45) is 0. The molecule has 0 saturated carbocycles. The molecule has 1 heterocycles. The van der Waals surface area contributed by atoms with Gasteiger partial charge in [0.05, 0.1) is 12.2 Å². The van der Waals surface area contributed by atoms with Crippen LogP contribution in [0.4, 0.5) is 5.69 Å². The van der Waals surface area contributed by atoms with E-state index in [1.807, 2.05) is 31.2 Å². The molecule has 0 spiro atoms. The van der Waals surface area contributed by atoms with Crippen LogP contribution in [-0.2, 0) is 6.54 Å². The number of nitrogens with two attached hydrogens (primary N) is 1. The molecule has 114 valence electrons. The molecule has 0 bridgehead atoms. The van der Waals surface area contributed by atoms with E-state index in [0.29, 0.717) is 18.4 Å². The van der Waals surface area contributed by atoms with E-state index in [1.165, 1.54) is 5.56 Å². The fourth-order valence-corrected chi connectivity index (χ4v) is 2.60. The average molecular weight is 416 g/mol. The monoisotopic (exact) mass is 416 g/mol. The van der Waals surface area contributed by atoms with Crippen LogP contribution in [0.15, 0.2) is 34.6 Å². The summed E-state index contributed by atoms with van der Waals surface area (Å²) in [7, 11) is 0. The van der Waals surface area contributed by atoms with E-state index >= 15 is 0 Å². The molecule has 6 heteroatoms. The molecule has 1 aromatic carbocycles. The summed E-state index contributed by atoms with van der Waals surface area (Å²) in [6.45, 7) is 6.83. The zero-order chi connectivity index (χ0) is 14.5. The summed E-state index contributed by atoms with van der Waals surface area (Å²) in [6, 6.07) is 8.03. The Morgan fingerprint density at radius 1 is 1.43 bits per heavy atom. The van der Waals surface area contributed by atoms with Crippen LogP contribution in [0.5, 0.6) is 0 Å². The van der Waals surface area contributed by atoms with Gasteiger partial charge < -0.3 is 11.1 Å². The Balaban J connectivity index is 0.00000220. The van der Waals surface area contributed by atoms with Gasteiger partial charge in [0.25, 0.3) is 0 Å². The van der Waals surface area contributed by atoms with E-state index in [0.717, 1.165) is 16.4 Å². The lowest BCUT2D eigenvalue weighted by Crippen LogP contribution is -2.22. The van der Waals surface area contributed by atoms with Crippen molar-refractivity contribution in [3.63, 3.8) is 0 Å². The molecule has 0 unspecified atom stereocenters. The van der Waals surface area contributed by atoms with Crippen molar-refractivity contribution >= 4 is 47.0 Å². The highest BCUT2D eigenvalue weighted by Crippen LogP contribution is 2.18. The average Bonchev–Trinajstić information content (AvgIpc) is 2.85. The van der Waals surface area contributed by atoms with Crippen LogP contribution in [0.2, 0.25) is 0 Å². The second-order valence-electron chi connectivity index (χ2n) is 5.02. The molecule has 0 fully saturated rings. The normalized spacial score (nSPS) is 11.3. The maximum Gasteiger partial charge on any atom is 0.193 e. The van der Waals surface area contributed by atoms with Crippen molar-refractivity contribution in [2.75, 3.05) is 5.32 Å². The fourth-order valence-electron chi connectivity index (χ4n) is 1.73. The van der Waals surface area contributed by atoms with E-state index in [4.69, 9.17) is 5.73 Å². The molecule has 0 atom stereocenters. The third-order valence-electron chi connectivity index (χ3n) is 2.84. The first-order valence-corrected chi connectivity index (χ1v) is 7.50. The third kappa shape index (κ3) is 5.62. The number of nitrogens with one attached hydrogen (secondary N) is 1. The standard InChI is InChI=1S/C15H20N4S.HI/c1-10(2)13-9-20-14(19-13)8-17-15(16)18-12-6-4-5-11(3)7-12;/h4-7,9-10H,8H2,1-3H3,(H3,16,17,18);1H. The minimum atomic E-state index is 0. The van der Waals surface area contributed by atoms with Gasteiger partial charge in [-0.3, -0.25) is 0 Å². The zero-order valence-electron chi connectivity index (χ0n) is 12.5. The zero-order valence-corrected chi connectivity index (χ0v) is 15.6. The third-order valence-corrected chi connectivity index (χ3v) is 3.69. The maximum absolute atomic E-state index is 5.89. The Kier molecular flexibility index (Phi) is 7.10. The summed E-state index contributed by atoms with van der Waals surface area (Å²) in [4.78, 5) is 8.85. The Hall–Kier alpha value is -1.15. The van der Waals surface area contributed by atoms with Crippen molar-refractivity contribution in [3.05, 3.63) is 45.9 Å². The highest BCUT2D eigenvalue weighted by molar-refractivity contribution is 14.0. The van der Waals surface area contributed by atoms with Crippen LogP contribution in [0.1, 0.15) is 36.0 Å². The number of anilines is 1. The van der Waals surface area contributed by atoms with Gasteiger partial charge in [0, 0.05) is 11.1 Å². The van der Waals surface area contributed by atoms with Crippen molar-refractivity contribution < 1.29 is 0 Å². The number of aromatic nitrogens is 1. The second kappa shape index (κ2) is 8.33. The molecule has 2 rings (SSSR count). The number of nitrogens with zero attached hydrogens (tertiary/aromatic N) is 2. The van der Waals surface area contributed by atoms with Crippen LogP contribution < -0.4 is 11.1 Å². The summed E-state index contributed by atoms with van der Waals surface area (Å²) < 4.78 is 0. The lowest BCUT2D eigenvalue weighted by atomic mass is 10.2. The Bertz CT molecular complexity index is 607. The molecule has 1 aromatic heterocycles. The molecule has 0 aliphatic rings. The van der Waals surface area contributed by atoms with E-state index in [2.05, 4.69) is 34.5 Å². The summed E-state index contributed by atoms with van der Waals surface area (Å²) in [5, 5.41) is 6.16. The van der Waals surface area contributed by atoms with Gasteiger partial charge in [0.1, 0.15) is 5.01 Å². The molecular formula is C15H21IN4S. The summed E-state index contributed by atoms with van der Waals surface area (Å²) >= 11 is 1.63. The fraction of sp³-hybridized carbons (Fsp3) is 0.333. The molecule has 4 nitrogen and oxygen atoms in total. The minimum absolute atomic E-state index is 0. The largest absolute Gasteiger partial charge is 0.370 e. The van der Waals surface area contributed by atoms with E-state index in [9.17, 15) is 0 Å². The number of thiazole rings is 1. The topological polar surface area (TPSA) is 63.3 Å². The number of benzene rings is 1. The predicted molar refractivity (Wildman–Crippen MR) is 102 cm³/mol. The first-order valence-electron chi connectivity index (χ1n) is 6.62. The van der Waals surface area contributed by atoms with Gasteiger partial charge >= 0.3 is 0 Å². The van der Waals surface area contributed by atoms with Crippen molar-refractivity contribution in [2.24, 2.45) is 10.7 Å². The van der Waals surface area contributed by atoms with Gasteiger partial charge in [-0.05, 0) is 30.5 Å². The van der Waals surface area contributed by atoms with Gasteiger partial charge in [0.15, 0.2) is 5.96 Å². The lowest BCUT2D eigenvalue weighted by molar-refractivity contribution is 0.821. The van der Waals surface area contributed by atoms with Crippen molar-refractivity contribution in [1.29, 1.82) is 0 Å². The van der Waals surface area contributed by atoms with E-state index < -0.39 is 0 Å². The number of hydrogen-bond acceptors (Lipinski definition) is 3. The van der Waals surface area contributed by atoms with Crippen LogP contribution in [0.25, 0.3) is 0 Å². The molecule has 0 amide bonds. The summed E-state index contributed by atoms with van der Waals surface area (Å²) in [5.41, 5.74) is 9.14. The smallest absolute Gasteiger partial charge is 0.193 e. The number of guanidine groups is 1. The van der Waals surface area contributed by atoms with Crippen LogP contribution in [0, 0.1) is 6.92 Å². The molecule has 0 aliphatic heterocycles. The van der Waals surface area contributed by atoms with Crippen LogP contribution in [0.3, 0.4) is 0 Å². The maximum atomic E-state index is 5.89.